The van der Waals surface area contributed by atoms with Crippen molar-refractivity contribution in [3.8, 4) is 11.5 Å². The molecule has 0 aliphatic rings. The average Bonchev–Trinajstić information content (AvgIpc) is 2.50. The van der Waals surface area contributed by atoms with Gasteiger partial charge in [-0.25, -0.2) is 8.42 Å². The Morgan fingerprint density at radius 2 is 1.74 bits per heavy atom. The molecule has 0 aliphatic heterocycles. The zero-order valence-electron chi connectivity index (χ0n) is 12.7. The van der Waals surface area contributed by atoms with Gasteiger partial charge in [0, 0.05) is 11.1 Å². The average molecular weight is 421 g/mol. The molecular weight excluding hydrogens is 406 g/mol. The fraction of sp³-hybridized carbons (Fsp3) is 0.200. The van der Waals surface area contributed by atoms with Crippen LogP contribution in [0.1, 0.15) is 5.56 Å². The molecule has 0 unspecified atom stereocenters. The lowest BCUT2D eigenvalue weighted by molar-refractivity contribution is 0.390. The molecule has 0 fully saturated rings. The van der Waals surface area contributed by atoms with Crippen molar-refractivity contribution < 1.29 is 17.9 Å². The van der Waals surface area contributed by atoms with Crippen LogP contribution >= 0.6 is 27.5 Å². The highest BCUT2D eigenvalue weighted by Gasteiger charge is 2.23. The van der Waals surface area contributed by atoms with Gasteiger partial charge in [-0.2, -0.15) is 0 Å². The summed E-state index contributed by atoms with van der Waals surface area (Å²) in [5.41, 5.74) is 1.16. The van der Waals surface area contributed by atoms with Crippen LogP contribution in [-0.4, -0.2) is 22.6 Å². The van der Waals surface area contributed by atoms with Crippen LogP contribution < -0.4 is 14.2 Å². The van der Waals surface area contributed by atoms with Gasteiger partial charge in [0.25, 0.3) is 10.0 Å². The smallest absolute Gasteiger partial charge is 0.265 e. The van der Waals surface area contributed by atoms with E-state index in [1.54, 1.807) is 25.1 Å². The Labute approximate surface area is 148 Å². The molecule has 0 heterocycles. The van der Waals surface area contributed by atoms with Crippen LogP contribution in [0.2, 0.25) is 5.02 Å². The maximum atomic E-state index is 12.7. The number of anilines is 1. The van der Waals surface area contributed by atoms with E-state index in [1.165, 1.54) is 26.4 Å². The quantitative estimate of drug-likeness (QED) is 0.786. The second kappa shape index (κ2) is 6.98. The molecule has 2 aromatic carbocycles. The van der Waals surface area contributed by atoms with E-state index in [-0.39, 0.29) is 10.6 Å². The second-order valence-electron chi connectivity index (χ2n) is 4.70. The van der Waals surface area contributed by atoms with Crippen molar-refractivity contribution in [2.45, 2.75) is 11.8 Å². The fourth-order valence-electron chi connectivity index (χ4n) is 1.95. The van der Waals surface area contributed by atoms with Gasteiger partial charge in [-0.15, -0.1) is 0 Å². The molecule has 0 radical (unpaired) electrons. The van der Waals surface area contributed by atoms with Crippen molar-refractivity contribution in [1.82, 2.24) is 0 Å². The lowest BCUT2D eigenvalue weighted by Crippen LogP contribution is -2.15. The van der Waals surface area contributed by atoms with E-state index in [0.717, 1.165) is 5.56 Å². The predicted octanol–water partition coefficient (Wildman–Crippen LogP) is 4.23. The van der Waals surface area contributed by atoms with Gasteiger partial charge in [0.15, 0.2) is 0 Å². The summed E-state index contributed by atoms with van der Waals surface area (Å²) in [6, 6.07) is 7.91. The van der Waals surface area contributed by atoms with E-state index >= 15 is 0 Å². The molecule has 0 bridgehead atoms. The van der Waals surface area contributed by atoms with Crippen molar-refractivity contribution in [1.29, 1.82) is 0 Å². The zero-order chi connectivity index (χ0) is 17.2. The summed E-state index contributed by atoms with van der Waals surface area (Å²) in [5.74, 6) is 0.582. The number of rotatable bonds is 5. The summed E-state index contributed by atoms with van der Waals surface area (Å²) in [6.07, 6.45) is 0. The monoisotopic (exact) mass is 419 g/mol. The highest BCUT2D eigenvalue weighted by Crippen LogP contribution is 2.36. The topological polar surface area (TPSA) is 64.6 Å². The number of hydrogen-bond donors (Lipinski definition) is 1. The summed E-state index contributed by atoms with van der Waals surface area (Å²) in [4.78, 5) is -0.0283. The second-order valence-corrected chi connectivity index (χ2v) is 7.64. The fourth-order valence-corrected chi connectivity index (χ4v) is 3.89. The lowest BCUT2D eigenvalue weighted by atomic mass is 10.2. The molecule has 0 spiro atoms. The summed E-state index contributed by atoms with van der Waals surface area (Å²) < 4.78 is 38.9. The number of methoxy groups -OCH3 is 2. The third kappa shape index (κ3) is 3.91. The van der Waals surface area contributed by atoms with E-state index in [9.17, 15) is 8.42 Å². The molecule has 2 aromatic rings. The first-order valence-corrected chi connectivity index (χ1v) is 9.14. The Morgan fingerprint density at radius 1 is 1.09 bits per heavy atom. The van der Waals surface area contributed by atoms with E-state index in [4.69, 9.17) is 21.1 Å². The largest absolute Gasteiger partial charge is 0.496 e. The third-order valence-electron chi connectivity index (χ3n) is 3.17. The third-order valence-corrected chi connectivity index (χ3v) is 5.41. The molecule has 5 nitrogen and oxygen atoms in total. The van der Waals surface area contributed by atoms with Crippen LogP contribution in [0.4, 0.5) is 5.69 Å². The Balaban J connectivity index is 2.53. The zero-order valence-corrected chi connectivity index (χ0v) is 15.8. The minimum absolute atomic E-state index is 0.0283. The molecule has 0 saturated heterocycles. The predicted molar refractivity (Wildman–Crippen MR) is 94.2 cm³/mol. The van der Waals surface area contributed by atoms with Gasteiger partial charge < -0.3 is 9.47 Å². The maximum Gasteiger partial charge on any atom is 0.265 e. The van der Waals surface area contributed by atoms with Crippen LogP contribution in [0.5, 0.6) is 11.5 Å². The normalized spacial score (nSPS) is 11.2. The summed E-state index contributed by atoms with van der Waals surface area (Å²) in [7, 11) is -1.02. The first-order valence-electron chi connectivity index (χ1n) is 6.49. The number of hydrogen-bond acceptors (Lipinski definition) is 4. The number of halogens is 2. The first-order chi connectivity index (χ1) is 10.8. The van der Waals surface area contributed by atoms with Crippen LogP contribution in [0.15, 0.2) is 39.7 Å². The minimum Gasteiger partial charge on any atom is -0.496 e. The van der Waals surface area contributed by atoms with Crippen LogP contribution in [0, 0.1) is 6.92 Å². The van der Waals surface area contributed by atoms with E-state index in [1.807, 2.05) is 0 Å². The first kappa shape index (κ1) is 17.9. The molecule has 1 N–H and O–H groups in total. The van der Waals surface area contributed by atoms with Crippen LogP contribution in [0.3, 0.4) is 0 Å². The van der Waals surface area contributed by atoms with Crippen LogP contribution in [0.25, 0.3) is 0 Å². The highest BCUT2D eigenvalue weighted by molar-refractivity contribution is 9.10. The van der Waals surface area contributed by atoms with Crippen molar-refractivity contribution in [2.75, 3.05) is 18.9 Å². The molecule has 0 aromatic heterocycles. The molecule has 124 valence electrons. The minimum atomic E-state index is -3.88. The molecule has 0 saturated carbocycles. The van der Waals surface area contributed by atoms with E-state index in [2.05, 4.69) is 20.7 Å². The summed E-state index contributed by atoms with van der Waals surface area (Å²) in [6.45, 7) is 1.79. The number of nitrogens with one attached hydrogen (secondary N) is 1. The Morgan fingerprint density at radius 3 is 2.35 bits per heavy atom. The Bertz CT molecular complexity index is 840. The van der Waals surface area contributed by atoms with Gasteiger partial charge in [-0.3, -0.25) is 4.72 Å². The van der Waals surface area contributed by atoms with Crippen LogP contribution in [-0.2, 0) is 10.0 Å². The number of ether oxygens (including phenoxy) is 2. The number of sulfonamides is 1. The van der Waals surface area contributed by atoms with E-state index in [0.29, 0.717) is 20.9 Å². The molecule has 8 heteroatoms. The van der Waals surface area contributed by atoms with Gasteiger partial charge in [0.05, 0.1) is 24.4 Å². The Hall–Kier alpha value is -1.44. The maximum absolute atomic E-state index is 12.7. The van der Waals surface area contributed by atoms with Crippen molar-refractivity contribution >= 4 is 43.2 Å². The highest BCUT2D eigenvalue weighted by atomic mass is 79.9. The van der Waals surface area contributed by atoms with Gasteiger partial charge in [0.2, 0.25) is 0 Å². The molecule has 0 amide bonds. The lowest BCUT2D eigenvalue weighted by Gasteiger charge is -2.15. The molecular formula is C15H15BrClNO4S. The van der Waals surface area contributed by atoms with Crippen molar-refractivity contribution in [2.24, 2.45) is 0 Å². The van der Waals surface area contributed by atoms with Crippen molar-refractivity contribution in [3.63, 3.8) is 0 Å². The van der Waals surface area contributed by atoms with E-state index < -0.39 is 10.0 Å². The molecule has 0 atom stereocenters. The van der Waals surface area contributed by atoms with Gasteiger partial charge in [-0.05, 0) is 46.6 Å². The van der Waals surface area contributed by atoms with Gasteiger partial charge in [-0.1, -0.05) is 17.7 Å². The SMILES string of the molecule is COc1cc(S(=O)(=O)Nc2cc(Cl)ccc2C)c(OC)cc1Br. The van der Waals surface area contributed by atoms with Crippen molar-refractivity contribution in [3.05, 3.63) is 45.4 Å². The molecule has 2 rings (SSSR count). The molecule has 23 heavy (non-hydrogen) atoms. The standard InChI is InChI=1S/C15H15BrClNO4S/c1-9-4-5-10(17)6-12(9)18-23(19,20)15-8-13(21-2)11(16)7-14(15)22-3/h4-8,18H,1-3H3. The number of aryl methyl sites for hydroxylation is 1. The Kier molecular flexibility index (Phi) is 5.44. The van der Waals surface area contributed by atoms with Gasteiger partial charge >= 0.3 is 0 Å². The summed E-state index contributed by atoms with van der Waals surface area (Å²) in [5, 5.41) is 0.439. The van der Waals surface area contributed by atoms with Gasteiger partial charge in [0.1, 0.15) is 16.4 Å². The summed E-state index contributed by atoms with van der Waals surface area (Å²) >= 11 is 9.23. The number of benzene rings is 2. The molecule has 0 aliphatic carbocycles.